The van der Waals surface area contributed by atoms with Crippen molar-refractivity contribution in [2.24, 2.45) is 0 Å². The molecule has 0 saturated carbocycles. The Morgan fingerprint density at radius 2 is 2.10 bits per heavy atom. The van der Waals surface area contributed by atoms with E-state index in [-0.39, 0.29) is 5.91 Å². The van der Waals surface area contributed by atoms with Crippen molar-refractivity contribution in [2.75, 3.05) is 29.0 Å². The molecule has 1 aliphatic rings. The van der Waals surface area contributed by atoms with Gasteiger partial charge in [-0.2, -0.15) is 0 Å². The number of amides is 1. The van der Waals surface area contributed by atoms with Crippen molar-refractivity contribution in [1.29, 1.82) is 0 Å². The summed E-state index contributed by atoms with van der Waals surface area (Å²) in [5.41, 5.74) is 11.0. The van der Waals surface area contributed by atoms with Crippen LogP contribution < -0.4 is 16.0 Å². The largest absolute Gasteiger partial charge is 0.398 e. The molecular formula is C17H19N3O. The highest BCUT2D eigenvalue weighted by molar-refractivity contribution is 5.94. The Kier molecular flexibility index (Phi) is 3.52. The predicted octanol–water partition coefficient (Wildman–Crippen LogP) is 2.58. The minimum Gasteiger partial charge on any atom is -0.398 e. The molecule has 4 heteroatoms. The first-order valence-electron chi connectivity index (χ1n) is 7.12. The number of nitrogens with one attached hydrogen (secondary N) is 1. The number of rotatable bonds is 3. The number of hydrogen-bond acceptors (Lipinski definition) is 3. The van der Waals surface area contributed by atoms with Gasteiger partial charge in [0, 0.05) is 29.2 Å². The van der Waals surface area contributed by atoms with E-state index >= 15 is 0 Å². The van der Waals surface area contributed by atoms with Crippen molar-refractivity contribution in [3.05, 3.63) is 53.6 Å². The van der Waals surface area contributed by atoms with Crippen molar-refractivity contribution >= 4 is 23.0 Å². The van der Waals surface area contributed by atoms with Gasteiger partial charge in [-0.15, -0.1) is 0 Å². The maximum Gasteiger partial charge on any atom is 0.243 e. The SMILES string of the molecule is Cc1cccc(NC(=O)CN2CCc3c(N)cccc32)c1. The van der Waals surface area contributed by atoms with E-state index in [0.29, 0.717) is 6.54 Å². The van der Waals surface area contributed by atoms with Gasteiger partial charge in [0.2, 0.25) is 5.91 Å². The van der Waals surface area contributed by atoms with Gasteiger partial charge < -0.3 is 16.0 Å². The maximum atomic E-state index is 12.2. The molecule has 3 rings (SSSR count). The lowest BCUT2D eigenvalue weighted by molar-refractivity contribution is -0.115. The summed E-state index contributed by atoms with van der Waals surface area (Å²) in [7, 11) is 0. The first-order valence-corrected chi connectivity index (χ1v) is 7.12. The molecule has 1 heterocycles. The van der Waals surface area contributed by atoms with Crippen molar-refractivity contribution in [1.82, 2.24) is 0 Å². The Morgan fingerprint density at radius 1 is 1.29 bits per heavy atom. The summed E-state index contributed by atoms with van der Waals surface area (Å²) in [6, 6.07) is 13.7. The molecule has 2 aromatic carbocycles. The summed E-state index contributed by atoms with van der Waals surface area (Å²) in [4.78, 5) is 14.3. The molecule has 0 unspecified atom stereocenters. The number of nitrogens with zero attached hydrogens (tertiary/aromatic N) is 1. The molecule has 1 amide bonds. The minimum atomic E-state index is -0.00382. The number of anilines is 3. The Labute approximate surface area is 124 Å². The van der Waals surface area contributed by atoms with Gasteiger partial charge >= 0.3 is 0 Å². The summed E-state index contributed by atoms with van der Waals surface area (Å²) in [6.07, 6.45) is 0.903. The number of benzene rings is 2. The highest BCUT2D eigenvalue weighted by Crippen LogP contribution is 2.31. The van der Waals surface area contributed by atoms with Gasteiger partial charge in [-0.05, 0) is 43.2 Å². The number of carbonyl (C=O) groups excluding carboxylic acids is 1. The van der Waals surface area contributed by atoms with E-state index < -0.39 is 0 Å². The van der Waals surface area contributed by atoms with Crippen LogP contribution in [0.5, 0.6) is 0 Å². The molecule has 2 aromatic rings. The molecule has 0 aromatic heterocycles. The smallest absolute Gasteiger partial charge is 0.243 e. The van der Waals surface area contributed by atoms with Crippen LogP contribution in [0.4, 0.5) is 17.1 Å². The van der Waals surface area contributed by atoms with Crippen molar-refractivity contribution in [2.45, 2.75) is 13.3 Å². The van der Waals surface area contributed by atoms with Gasteiger partial charge in [0.15, 0.2) is 0 Å². The van der Waals surface area contributed by atoms with Gasteiger partial charge in [0.1, 0.15) is 0 Å². The van der Waals surface area contributed by atoms with E-state index in [9.17, 15) is 4.79 Å². The van der Waals surface area contributed by atoms with E-state index in [1.54, 1.807) is 0 Å². The Bertz CT molecular complexity index is 681. The van der Waals surface area contributed by atoms with E-state index in [4.69, 9.17) is 5.73 Å². The third kappa shape index (κ3) is 2.84. The molecule has 0 aliphatic carbocycles. The summed E-state index contributed by atoms with van der Waals surface area (Å²) in [5, 5.41) is 2.94. The number of fused-ring (bicyclic) bond motifs is 1. The fraction of sp³-hybridized carbons (Fsp3) is 0.235. The Morgan fingerprint density at radius 3 is 2.90 bits per heavy atom. The minimum absolute atomic E-state index is 0.00382. The lowest BCUT2D eigenvalue weighted by atomic mass is 10.1. The van der Waals surface area contributed by atoms with Crippen LogP contribution in [-0.4, -0.2) is 19.0 Å². The molecule has 0 saturated heterocycles. The van der Waals surface area contributed by atoms with E-state index in [1.165, 1.54) is 0 Å². The molecule has 0 atom stereocenters. The molecule has 4 nitrogen and oxygen atoms in total. The molecular weight excluding hydrogens is 262 g/mol. The van der Waals surface area contributed by atoms with Crippen molar-refractivity contribution < 1.29 is 4.79 Å². The van der Waals surface area contributed by atoms with Crippen LogP contribution in [0.25, 0.3) is 0 Å². The Hall–Kier alpha value is -2.49. The van der Waals surface area contributed by atoms with Crippen molar-refractivity contribution in [3.63, 3.8) is 0 Å². The second-order valence-electron chi connectivity index (χ2n) is 5.43. The third-order valence-electron chi connectivity index (χ3n) is 3.80. The zero-order valence-corrected chi connectivity index (χ0v) is 12.1. The van der Waals surface area contributed by atoms with Crippen LogP contribution in [0.2, 0.25) is 0 Å². The summed E-state index contributed by atoms with van der Waals surface area (Å²) < 4.78 is 0. The van der Waals surface area contributed by atoms with E-state index in [2.05, 4.69) is 10.2 Å². The second-order valence-corrected chi connectivity index (χ2v) is 5.43. The standard InChI is InChI=1S/C17H19N3O/c1-12-4-2-5-13(10-12)19-17(21)11-20-9-8-14-15(18)6-3-7-16(14)20/h2-7,10H,8-9,11,18H2,1H3,(H,19,21). The zero-order chi connectivity index (χ0) is 14.8. The van der Waals surface area contributed by atoms with Crippen LogP contribution >= 0.6 is 0 Å². The molecule has 0 spiro atoms. The van der Waals surface area contributed by atoms with Crippen LogP contribution in [0.1, 0.15) is 11.1 Å². The molecule has 3 N–H and O–H groups in total. The van der Waals surface area contributed by atoms with Crippen molar-refractivity contribution in [3.8, 4) is 0 Å². The Balaban J connectivity index is 1.69. The topological polar surface area (TPSA) is 58.4 Å². The maximum absolute atomic E-state index is 12.2. The number of aryl methyl sites for hydroxylation is 1. The molecule has 108 valence electrons. The summed E-state index contributed by atoms with van der Waals surface area (Å²) >= 11 is 0. The van der Waals surface area contributed by atoms with Gasteiger partial charge in [-0.25, -0.2) is 0 Å². The number of carbonyl (C=O) groups is 1. The van der Waals surface area contributed by atoms with Crippen LogP contribution in [0.3, 0.4) is 0 Å². The van der Waals surface area contributed by atoms with Gasteiger partial charge in [-0.1, -0.05) is 18.2 Å². The van der Waals surface area contributed by atoms with Gasteiger partial charge in [0.05, 0.1) is 6.54 Å². The molecule has 21 heavy (non-hydrogen) atoms. The third-order valence-corrected chi connectivity index (χ3v) is 3.80. The first kappa shape index (κ1) is 13.5. The van der Waals surface area contributed by atoms with Crippen LogP contribution in [-0.2, 0) is 11.2 Å². The van der Waals surface area contributed by atoms with E-state index in [1.807, 2.05) is 49.4 Å². The summed E-state index contributed by atoms with van der Waals surface area (Å²) in [5.74, 6) is -0.00382. The first-order chi connectivity index (χ1) is 10.1. The highest BCUT2D eigenvalue weighted by atomic mass is 16.2. The van der Waals surface area contributed by atoms with Gasteiger partial charge in [-0.3, -0.25) is 4.79 Å². The number of hydrogen-bond donors (Lipinski definition) is 2. The fourth-order valence-corrected chi connectivity index (χ4v) is 2.79. The molecule has 1 aliphatic heterocycles. The summed E-state index contributed by atoms with van der Waals surface area (Å²) in [6.45, 7) is 3.20. The van der Waals surface area contributed by atoms with E-state index in [0.717, 1.165) is 41.2 Å². The molecule has 0 bridgehead atoms. The number of nitrogen functional groups attached to an aromatic ring is 1. The predicted molar refractivity (Wildman–Crippen MR) is 86.6 cm³/mol. The van der Waals surface area contributed by atoms with Crippen LogP contribution in [0.15, 0.2) is 42.5 Å². The average molecular weight is 281 g/mol. The number of nitrogens with two attached hydrogens (primary N) is 1. The van der Waals surface area contributed by atoms with Gasteiger partial charge in [0.25, 0.3) is 0 Å². The normalized spacial score (nSPS) is 13.1. The lowest BCUT2D eigenvalue weighted by Crippen LogP contribution is -2.31. The second kappa shape index (κ2) is 5.48. The fourth-order valence-electron chi connectivity index (χ4n) is 2.79. The van der Waals surface area contributed by atoms with Crippen LogP contribution in [0, 0.1) is 6.92 Å². The molecule has 0 fully saturated rings. The monoisotopic (exact) mass is 281 g/mol. The average Bonchev–Trinajstić information content (AvgIpc) is 2.83. The highest BCUT2D eigenvalue weighted by Gasteiger charge is 2.22. The zero-order valence-electron chi connectivity index (χ0n) is 12.1. The lowest BCUT2D eigenvalue weighted by Gasteiger charge is -2.19. The quantitative estimate of drug-likeness (QED) is 0.850. The molecule has 0 radical (unpaired) electrons.